The summed E-state index contributed by atoms with van der Waals surface area (Å²) in [5.74, 6) is 0.219. The average molecular weight is 359 g/mol. The van der Waals surface area contributed by atoms with Crippen molar-refractivity contribution in [3.8, 4) is 0 Å². The van der Waals surface area contributed by atoms with Gasteiger partial charge in [0.1, 0.15) is 10.7 Å². The zero-order valence-corrected chi connectivity index (χ0v) is 14.0. The molecule has 1 aliphatic heterocycles. The van der Waals surface area contributed by atoms with E-state index in [1.165, 1.54) is 16.4 Å². The van der Waals surface area contributed by atoms with E-state index in [9.17, 15) is 12.8 Å². The van der Waals surface area contributed by atoms with Gasteiger partial charge in [0, 0.05) is 24.9 Å². The highest BCUT2D eigenvalue weighted by Crippen LogP contribution is 2.35. The summed E-state index contributed by atoms with van der Waals surface area (Å²) in [6.45, 7) is 1.34. The van der Waals surface area contributed by atoms with Crippen LogP contribution in [0.25, 0.3) is 0 Å². The van der Waals surface area contributed by atoms with Crippen LogP contribution in [0.3, 0.4) is 0 Å². The second-order valence-corrected chi connectivity index (χ2v) is 7.87. The van der Waals surface area contributed by atoms with Crippen molar-refractivity contribution in [3.63, 3.8) is 0 Å². The third-order valence-electron chi connectivity index (χ3n) is 4.01. The van der Waals surface area contributed by atoms with E-state index < -0.39 is 22.6 Å². The van der Waals surface area contributed by atoms with Crippen LogP contribution in [0.1, 0.15) is 17.6 Å². The molecule has 0 amide bonds. The molecule has 3 rings (SSSR count). The van der Waals surface area contributed by atoms with Crippen LogP contribution in [-0.4, -0.2) is 47.7 Å². The first-order chi connectivity index (χ1) is 10.9. The van der Waals surface area contributed by atoms with Crippen molar-refractivity contribution in [3.05, 3.63) is 40.9 Å². The topological polar surface area (TPSA) is 79.0 Å². The predicted molar refractivity (Wildman–Crippen MR) is 83.5 cm³/mol. The molecule has 2 unspecified atom stereocenters. The molecular weight excluding hydrogens is 343 g/mol. The van der Waals surface area contributed by atoms with E-state index >= 15 is 0 Å². The number of sulfonamides is 1. The van der Waals surface area contributed by atoms with Crippen molar-refractivity contribution in [2.24, 2.45) is 5.92 Å². The fourth-order valence-corrected chi connectivity index (χ4v) is 4.81. The van der Waals surface area contributed by atoms with Crippen molar-refractivity contribution < 1.29 is 12.8 Å². The van der Waals surface area contributed by atoms with Gasteiger partial charge in [-0.3, -0.25) is 9.49 Å². The first-order valence-corrected chi connectivity index (χ1v) is 8.95. The minimum atomic E-state index is -3.78. The molecule has 23 heavy (non-hydrogen) atoms. The lowest BCUT2D eigenvalue weighted by Gasteiger charge is -2.17. The fourth-order valence-electron chi connectivity index (χ4n) is 2.80. The van der Waals surface area contributed by atoms with Gasteiger partial charge in [0.15, 0.2) is 5.82 Å². The molecule has 1 saturated heterocycles. The van der Waals surface area contributed by atoms with Gasteiger partial charge < -0.3 is 0 Å². The van der Waals surface area contributed by atoms with Crippen molar-refractivity contribution in [1.29, 1.82) is 0 Å². The highest BCUT2D eigenvalue weighted by atomic mass is 35.5. The van der Waals surface area contributed by atoms with Crippen molar-refractivity contribution in [1.82, 2.24) is 19.5 Å². The van der Waals surface area contributed by atoms with E-state index in [0.29, 0.717) is 11.6 Å². The average Bonchev–Trinajstić information content (AvgIpc) is 3.13. The van der Waals surface area contributed by atoms with E-state index in [-0.39, 0.29) is 28.9 Å². The van der Waals surface area contributed by atoms with Crippen molar-refractivity contribution in [2.45, 2.75) is 17.7 Å². The Morgan fingerprint density at radius 3 is 2.74 bits per heavy atom. The zero-order chi connectivity index (χ0) is 16.6. The summed E-state index contributed by atoms with van der Waals surface area (Å²) in [6.07, 6.45) is 0. The van der Waals surface area contributed by atoms with Gasteiger partial charge in [-0.15, -0.1) is 0 Å². The summed E-state index contributed by atoms with van der Waals surface area (Å²) in [5, 5.41) is 6.92. The molecule has 9 heteroatoms. The molecule has 1 aromatic carbocycles. The molecule has 2 atom stereocenters. The summed E-state index contributed by atoms with van der Waals surface area (Å²) >= 11 is 6.00. The highest BCUT2D eigenvalue weighted by molar-refractivity contribution is 7.89. The molecule has 0 bridgehead atoms. The molecule has 1 aromatic heterocycles. The number of rotatable bonds is 4. The SMILES string of the molecule is Cc1nc(C2CN(S(=O)(=O)c3ccccc3Cl)CC2CF)n[nH]1. The fraction of sp³-hybridized carbons (Fsp3) is 0.429. The van der Waals surface area contributed by atoms with Gasteiger partial charge in [-0.1, -0.05) is 23.7 Å². The molecular formula is C14H16ClFN4O2S. The number of hydrogen-bond donors (Lipinski definition) is 1. The van der Waals surface area contributed by atoms with Gasteiger partial charge in [0.25, 0.3) is 0 Å². The van der Waals surface area contributed by atoms with E-state index in [2.05, 4.69) is 15.2 Å². The molecule has 1 aliphatic rings. The minimum absolute atomic E-state index is 0.0334. The standard InChI is InChI=1S/C14H16ClFN4O2S/c1-9-17-14(19-18-9)11-8-20(7-10(11)6-16)23(21,22)13-5-3-2-4-12(13)15/h2-5,10-11H,6-8H2,1H3,(H,17,18,19). The van der Waals surface area contributed by atoms with Crippen LogP contribution in [-0.2, 0) is 10.0 Å². The number of aryl methyl sites for hydroxylation is 1. The van der Waals surface area contributed by atoms with Gasteiger partial charge in [0.2, 0.25) is 10.0 Å². The molecule has 0 radical (unpaired) electrons. The molecule has 1 N–H and O–H groups in total. The van der Waals surface area contributed by atoms with Crippen LogP contribution in [0, 0.1) is 12.8 Å². The van der Waals surface area contributed by atoms with E-state index in [1.54, 1.807) is 19.1 Å². The Balaban J connectivity index is 1.92. The predicted octanol–water partition coefficient (Wildman–Crippen LogP) is 2.14. The third kappa shape index (κ3) is 2.98. The second kappa shape index (κ2) is 6.18. The molecule has 0 saturated carbocycles. The van der Waals surface area contributed by atoms with E-state index in [1.807, 2.05) is 0 Å². The summed E-state index contributed by atoms with van der Waals surface area (Å²) in [7, 11) is -3.78. The Labute approximate surface area is 138 Å². The number of halogens is 2. The van der Waals surface area contributed by atoms with Gasteiger partial charge in [-0.25, -0.2) is 13.4 Å². The zero-order valence-electron chi connectivity index (χ0n) is 12.4. The minimum Gasteiger partial charge on any atom is -0.263 e. The number of aromatic nitrogens is 3. The Bertz CT molecular complexity index is 811. The van der Waals surface area contributed by atoms with Crippen LogP contribution in [0.2, 0.25) is 5.02 Å². The third-order valence-corrected chi connectivity index (χ3v) is 6.34. The molecule has 0 spiro atoms. The number of hydrogen-bond acceptors (Lipinski definition) is 4. The lowest BCUT2D eigenvalue weighted by molar-refractivity contribution is 0.346. The van der Waals surface area contributed by atoms with Gasteiger partial charge in [-0.2, -0.15) is 9.40 Å². The van der Waals surface area contributed by atoms with Gasteiger partial charge in [0.05, 0.1) is 11.7 Å². The monoisotopic (exact) mass is 358 g/mol. The Morgan fingerprint density at radius 2 is 2.13 bits per heavy atom. The van der Waals surface area contributed by atoms with Crippen LogP contribution in [0.5, 0.6) is 0 Å². The smallest absolute Gasteiger partial charge is 0.244 e. The largest absolute Gasteiger partial charge is 0.263 e. The first kappa shape index (κ1) is 16.4. The summed E-state index contributed by atoms with van der Waals surface area (Å²) in [5.41, 5.74) is 0. The van der Waals surface area contributed by atoms with Crippen LogP contribution in [0.15, 0.2) is 29.2 Å². The maximum atomic E-state index is 13.4. The summed E-state index contributed by atoms with van der Waals surface area (Å²) in [6, 6.07) is 6.24. The summed E-state index contributed by atoms with van der Waals surface area (Å²) in [4.78, 5) is 4.25. The number of benzene rings is 1. The lowest BCUT2D eigenvalue weighted by Crippen LogP contribution is -2.29. The van der Waals surface area contributed by atoms with Gasteiger partial charge >= 0.3 is 0 Å². The molecule has 2 aromatic rings. The van der Waals surface area contributed by atoms with Crippen LogP contribution < -0.4 is 0 Å². The Morgan fingerprint density at radius 1 is 1.39 bits per heavy atom. The molecule has 0 aliphatic carbocycles. The maximum Gasteiger partial charge on any atom is 0.244 e. The normalized spacial score (nSPS) is 22.6. The second-order valence-electron chi connectivity index (χ2n) is 5.55. The van der Waals surface area contributed by atoms with Crippen molar-refractivity contribution >= 4 is 21.6 Å². The number of H-pyrrole nitrogens is 1. The quantitative estimate of drug-likeness (QED) is 0.908. The first-order valence-electron chi connectivity index (χ1n) is 7.13. The van der Waals surface area contributed by atoms with Crippen LogP contribution >= 0.6 is 11.6 Å². The molecule has 2 heterocycles. The Hall–Kier alpha value is -1.51. The summed E-state index contributed by atoms with van der Waals surface area (Å²) < 4.78 is 40.2. The van der Waals surface area contributed by atoms with Crippen LogP contribution in [0.4, 0.5) is 4.39 Å². The molecule has 6 nitrogen and oxygen atoms in total. The molecule has 124 valence electrons. The number of nitrogens with zero attached hydrogens (tertiary/aromatic N) is 3. The number of aromatic amines is 1. The number of nitrogens with one attached hydrogen (secondary N) is 1. The van der Waals surface area contributed by atoms with E-state index in [4.69, 9.17) is 11.6 Å². The maximum absolute atomic E-state index is 13.4. The lowest BCUT2D eigenvalue weighted by atomic mass is 9.97. The Kier molecular flexibility index (Phi) is 4.39. The molecule has 1 fully saturated rings. The highest BCUT2D eigenvalue weighted by Gasteiger charge is 2.42. The van der Waals surface area contributed by atoms with E-state index in [0.717, 1.165) is 0 Å². The van der Waals surface area contributed by atoms with Gasteiger partial charge in [-0.05, 0) is 19.1 Å². The number of alkyl halides is 1. The van der Waals surface area contributed by atoms with Crippen molar-refractivity contribution in [2.75, 3.05) is 19.8 Å².